The van der Waals surface area contributed by atoms with Crippen LogP contribution >= 0.6 is 0 Å². The summed E-state index contributed by atoms with van der Waals surface area (Å²) in [5.41, 5.74) is 3.07. The van der Waals surface area contributed by atoms with E-state index in [0.717, 1.165) is 5.56 Å². The number of amides is 1. The number of carbonyl (C=O) groups excluding carboxylic acids is 1. The molecule has 0 aliphatic carbocycles. The molecule has 128 valence electrons. The van der Waals surface area contributed by atoms with E-state index in [1.165, 1.54) is 18.2 Å². The van der Waals surface area contributed by atoms with Gasteiger partial charge in [-0.2, -0.15) is 5.10 Å². The second kappa shape index (κ2) is 6.47. The summed E-state index contributed by atoms with van der Waals surface area (Å²) in [6.07, 6.45) is 0. The van der Waals surface area contributed by atoms with Crippen LogP contribution in [0.3, 0.4) is 0 Å². The van der Waals surface area contributed by atoms with Gasteiger partial charge < -0.3 is 5.32 Å². The summed E-state index contributed by atoms with van der Waals surface area (Å²) in [4.78, 5) is 12.6. The Bertz CT molecular complexity index is 946. The van der Waals surface area contributed by atoms with Gasteiger partial charge in [-0.05, 0) is 62.7 Å². The van der Waals surface area contributed by atoms with Gasteiger partial charge in [-0.25, -0.2) is 13.5 Å². The third-order valence-corrected chi connectivity index (χ3v) is 3.96. The standard InChI is InChI=1S/C19H17F2N3O/c1-11-4-9-16(21)17(10-11)22-19(25)18-12(2)23-24(13(18)3)15-7-5-14(20)6-8-15/h4-10H,1-3H3,(H,22,25). The van der Waals surface area contributed by atoms with E-state index in [4.69, 9.17) is 0 Å². The van der Waals surface area contributed by atoms with Gasteiger partial charge in [0.1, 0.15) is 11.6 Å². The molecule has 0 spiro atoms. The molecular weight excluding hydrogens is 324 g/mol. The van der Waals surface area contributed by atoms with Crippen molar-refractivity contribution in [2.75, 3.05) is 5.32 Å². The fraction of sp³-hybridized carbons (Fsp3) is 0.158. The van der Waals surface area contributed by atoms with E-state index in [1.807, 2.05) is 6.92 Å². The average molecular weight is 341 g/mol. The van der Waals surface area contributed by atoms with E-state index in [-0.39, 0.29) is 11.5 Å². The molecule has 0 aliphatic heterocycles. The molecule has 1 heterocycles. The first-order valence-corrected chi connectivity index (χ1v) is 7.76. The Morgan fingerprint density at radius 2 is 1.72 bits per heavy atom. The van der Waals surface area contributed by atoms with E-state index in [1.54, 1.807) is 42.8 Å². The predicted molar refractivity (Wildman–Crippen MR) is 92.1 cm³/mol. The van der Waals surface area contributed by atoms with Crippen molar-refractivity contribution in [3.63, 3.8) is 0 Å². The minimum absolute atomic E-state index is 0.123. The van der Waals surface area contributed by atoms with Gasteiger partial charge in [0.05, 0.1) is 28.3 Å². The van der Waals surface area contributed by atoms with Crippen molar-refractivity contribution in [2.45, 2.75) is 20.8 Å². The van der Waals surface area contributed by atoms with Gasteiger partial charge >= 0.3 is 0 Å². The third kappa shape index (κ3) is 3.28. The number of anilines is 1. The lowest BCUT2D eigenvalue weighted by atomic mass is 10.1. The van der Waals surface area contributed by atoms with Crippen LogP contribution in [0.5, 0.6) is 0 Å². The van der Waals surface area contributed by atoms with Gasteiger partial charge in [0.2, 0.25) is 0 Å². The highest BCUT2D eigenvalue weighted by molar-refractivity contribution is 6.06. The van der Waals surface area contributed by atoms with Crippen LogP contribution in [0.25, 0.3) is 5.69 Å². The van der Waals surface area contributed by atoms with Crippen molar-refractivity contribution in [3.8, 4) is 5.69 Å². The zero-order valence-corrected chi connectivity index (χ0v) is 14.1. The Morgan fingerprint density at radius 1 is 1.04 bits per heavy atom. The lowest BCUT2D eigenvalue weighted by molar-refractivity contribution is 0.102. The number of hydrogen-bond acceptors (Lipinski definition) is 2. The maximum atomic E-state index is 13.9. The Labute approximate surface area is 144 Å². The summed E-state index contributed by atoms with van der Waals surface area (Å²) in [5, 5.41) is 6.95. The number of nitrogens with one attached hydrogen (secondary N) is 1. The molecule has 6 heteroatoms. The van der Waals surface area contributed by atoms with Crippen LogP contribution in [0.4, 0.5) is 14.5 Å². The van der Waals surface area contributed by atoms with Crippen LogP contribution in [0, 0.1) is 32.4 Å². The molecule has 0 atom stereocenters. The number of carbonyl (C=O) groups is 1. The van der Waals surface area contributed by atoms with Crippen molar-refractivity contribution < 1.29 is 13.6 Å². The van der Waals surface area contributed by atoms with Crippen LogP contribution in [0.2, 0.25) is 0 Å². The van der Waals surface area contributed by atoms with E-state index in [2.05, 4.69) is 10.4 Å². The number of aromatic nitrogens is 2. The maximum Gasteiger partial charge on any atom is 0.259 e. The number of rotatable bonds is 3. The molecule has 0 radical (unpaired) electrons. The van der Waals surface area contributed by atoms with Crippen molar-refractivity contribution in [1.82, 2.24) is 9.78 Å². The second-order valence-corrected chi connectivity index (χ2v) is 5.87. The van der Waals surface area contributed by atoms with Crippen LogP contribution in [-0.4, -0.2) is 15.7 Å². The van der Waals surface area contributed by atoms with Gasteiger partial charge in [-0.1, -0.05) is 6.07 Å². The molecule has 3 rings (SSSR count). The molecule has 1 amide bonds. The van der Waals surface area contributed by atoms with E-state index in [0.29, 0.717) is 22.6 Å². The number of aryl methyl sites for hydroxylation is 2. The molecule has 4 nitrogen and oxygen atoms in total. The Balaban J connectivity index is 1.96. The van der Waals surface area contributed by atoms with Crippen molar-refractivity contribution in [3.05, 3.63) is 76.6 Å². The highest BCUT2D eigenvalue weighted by atomic mass is 19.1. The third-order valence-electron chi connectivity index (χ3n) is 3.96. The maximum absolute atomic E-state index is 13.9. The summed E-state index contributed by atoms with van der Waals surface area (Å²) in [5.74, 6) is -1.29. The van der Waals surface area contributed by atoms with Gasteiger partial charge in [-0.15, -0.1) is 0 Å². The van der Waals surface area contributed by atoms with Gasteiger partial charge in [-0.3, -0.25) is 4.79 Å². The van der Waals surface area contributed by atoms with Crippen LogP contribution < -0.4 is 5.32 Å². The minimum atomic E-state index is -0.500. The smallest absolute Gasteiger partial charge is 0.259 e. The van der Waals surface area contributed by atoms with Gasteiger partial charge in [0, 0.05) is 0 Å². The van der Waals surface area contributed by atoms with Gasteiger partial charge in [0.25, 0.3) is 5.91 Å². The molecular formula is C19H17F2N3O. The number of benzene rings is 2. The fourth-order valence-corrected chi connectivity index (χ4v) is 2.72. The van der Waals surface area contributed by atoms with Crippen LogP contribution in [0.15, 0.2) is 42.5 Å². The number of halogens is 2. The summed E-state index contributed by atoms with van der Waals surface area (Å²) in [6, 6.07) is 10.3. The van der Waals surface area contributed by atoms with Crippen molar-refractivity contribution in [2.24, 2.45) is 0 Å². The molecule has 0 aliphatic rings. The number of nitrogens with zero attached hydrogens (tertiary/aromatic N) is 2. The summed E-state index contributed by atoms with van der Waals surface area (Å²) in [6.45, 7) is 5.26. The first-order chi connectivity index (χ1) is 11.9. The molecule has 0 saturated carbocycles. The SMILES string of the molecule is Cc1ccc(F)c(NC(=O)c2c(C)nn(-c3ccc(F)cc3)c2C)c1. The Kier molecular flexibility index (Phi) is 4.35. The zero-order valence-electron chi connectivity index (χ0n) is 14.1. The van der Waals surface area contributed by atoms with Crippen molar-refractivity contribution in [1.29, 1.82) is 0 Å². The van der Waals surface area contributed by atoms with Gasteiger partial charge in [0.15, 0.2) is 0 Å². The lowest BCUT2D eigenvalue weighted by Crippen LogP contribution is -2.15. The molecule has 1 N–H and O–H groups in total. The Hall–Kier alpha value is -3.02. The highest BCUT2D eigenvalue weighted by Gasteiger charge is 2.20. The molecule has 2 aromatic carbocycles. The lowest BCUT2D eigenvalue weighted by Gasteiger charge is -2.08. The second-order valence-electron chi connectivity index (χ2n) is 5.87. The zero-order chi connectivity index (χ0) is 18.1. The predicted octanol–water partition coefficient (Wildman–Crippen LogP) is 4.33. The summed E-state index contributed by atoms with van der Waals surface area (Å²) < 4.78 is 28.5. The van der Waals surface area contributed by atoms with Crippen molar-refractivity contribution >= 4 is 11.6 Å². The Morgan fingerprint density at radius 3 is 2.40 bits per heavy atom. The normalized spacial score (nSPS) is 10.8. The first kappa shape index (κ1) is 16.8. The van der Waals surface area contributed by atoms with Crippen LogP contribution in [0.1, 0.15) is 27.3 Å². The molecule has 25 heavy (non-hydrogen) atoms. The minimum Gasteiger partial charge on any atom is -0.319 e. The van der Waals surface area contributed by atoms with E-state index >= 15 is 0 Å². The highest BCUT2D eigenvalue weighted by Crippen LogP contribution is 2.21. The largest absolute Gasteiger partial charge is 0.319 e. The van der Waals surface area contributed by atoms with Crippen LogP contribution in [-0.2, 0) is 0 Å². The average Bonchev–Trinajstić information content (AvgIpc) is 2.86. The molecule has 1 aromatic heterocycles. The van der Waals surface area contributed by atoms with E-state index in [9.17, 15) is 13.6 Å². The number of hydrogen-bond donors (Lipinski definition) is 1. The molecule has 0 fully saturated rings. The fourth-order valence-electron chi connectivity index (χ4n) is 2.72. The first-order valence-electron chi connectivity index (χ1n) is 7.76. The van der Waals surface area contributed by atoms with E-state index < -0.39 is 11.7 Å². The molecule has 0 bridgehead atoms. The quantitative estimate of drug-likeness (QED) is 0.771. The molecule has 3 aromatic rings. The molecule has 0 unspecified atom stereocenters. The molecule has 0 saturated heterocycles. The summed E-state index contributed by atoms with van der Waals surface area (Å²) in [7, 11) is 0. The summed E-state index contributed by atoms with van der Waals surface area (Å²) >= 11 is 0. The topological polar surface area (TPSA) is 46.9 Å². The monoisotopic (exact) mass is 341 g/mol.